The minimum atomic E-state index is 0.0369. The summed E-state index contributed by atoms with van der Waals surface area (Å²) in [5, 5.41) is 12.2. The quantitative estimate of drug-likeness (QED) is 0.634. The lowest BCUT2D eigenvalue weighted by atomic mass is 10.1. The fraction of sp³-hybridized carbons (Fsp3) is 0. The van der Waals surface area contributed by atoms with Gasteiger partial charge in [-0.1, -0.05) is 42.5 Å². The third kappa shape index (κ3) is 3.01. The number of hydrogen-bond acceptors (Lipinski definition) is 3. The van der Waals surface area contributed by atoms with Gasteiger partial charge in [0.1, 0.15) is 11.4 Å². The van der Waals surface area contributed by atoms with Crippen molar-refractivity contribution in [2.75, 3.05) is 0 Å². The molecule has 0 saturated heterocycles. The standard InChI is InChI=1S/C14H11NO2/c16-14-9-12(8-13(10-14)15-17)7-6-11-4-2-1-3-5-11/h1-10,16H/b7-6+. The summed E-state index contributed by atoms with van der Waals surface area (Å²) in [5.41, 5.74) is 2.01. The summed E-state index contributed by atoms with van der Waals surface area (Å²) in [6.45, 7) is 0. The Morgan fingerprint density at radius 2 is 1.65 bits per heavy atom. The monoisotopic (exact) mass is 225 g/mol. The van der Waals surface area contributed by atoms with Crippen LogP contribution in [-0.2, 0) is 0 Å². The van der Waals surface area contributed by atoms with Crippen molar-refractivity contribution >= 4 is 17.8 Å². The fourth-order valence-corrected chi connectivity index (χ4v) is 1.52. The Morgan fingerprint density at radius 1 is 0.941 bits per heavy atom. The summed E-state index contributed by atoms with van der Waals surface area (Å²) in [6.07, 6.45) is 3.73. The van der Waals surface area contributed by atoms with Crippen LogP contribution < -0.4 is 0 Å². The number of nitroso groups, excluding NO2 is 1. The van der Waals surface area contributed by atoms with Gasteiger partial charge in [0.05, 0.1) is 0 Å². The van der Waals surface area contributed by atoms with Crippen molar-refractivity contribution in [2.45, 2.75) is 0 Å². The van der Waals surface area contributed by atoms with E-state index in [0.717, 1.165) is 11.1 Å². The molecule has 2 aromatic rings. The zero-order valence-corrected chi connectivity index (χ0v) is 9.08. The van der Waals surface area contributed by atoms with E-state index >= 15 is 0 Å². The molecule has 0 aromatic heterocycles. The van der Waals surface area contributed by atoms with Crippen LogP contribution in [0.15, 0.2) is 53.7 Å². The molecule has 17 heavy (non-hydrogen) atoms. The first-order valence-corrected chi connectivity index (χ1v) is 5.18. The molecule has 0 amide bonds. The van der Waals surface area contributed by atoms with Crippen LogP contribution in [0.5, 0.6) is 5.75 Å². The van der Waals surface area contributed by atoms with Crippen LogP contribution in [0.2, 0.25) is 0 Å². The molecule has 2 aromatic carbocycles. The molecule has 3 heteroatoms. The van der Waals surface area contributed by atoms with Gasteiger partial charge in [0.2, 0.25) is 0 Å². The third-order valence-electron chi connectivity index (χ3n) is 2.30. The van der Waals surface area contributed by atoms with Crippen LogP contribution in [0.25, 0.3) is 12.2 Å². The van der Waals surface area contributed by atoms with Gasteiger partial charge in [0, 0.05) is 6.07 Å². The molecule has 0 spiro atoms. The number of phenolic OH excluding ortho intramolecular Hbond substituents is 1. The van der Waals surface area contributed by atoms with Crippen molar-refractivity contribution in [3.63, 3.8) is 0 Å². The molecule has 2 rings (SSSR count). The molecule has 0 atom stereocenters. The van der Waals surface area contributed by atoms with Gasteiger partial charge in [-0.05, 0) is 28.4 Å². The molecular weight excluding hydrogens is 214 g/mol. The van der Waals surface area contributed by atoms with E-state index in [2.05, 4.69) is 5.18 Å². The van der Waals surface area contributed by atoms with Crippen LogP contribution in [0, 0.1) is 4.91 Å². The Labute approximate surface area is 99.0 Å². The highest BCUT2D eigenvalue weighted by Gasteiger charge is 1.97. The van der Waals surface area contributed by atoms with Crippen molar-refractivity contribution < 1.29 is 5.11 Å². The number of hydrogen-bond donors (Lipinski definition) is 1. The zero-order valence-electron chi connectivity index (χ0n) is 9.08. The van der Waals surface area contributed by atoms with Crippen molar-refractivity contribution in [1.29, 1.82) is 0 Å². The van der Waals surface area contributed by atoms with Crippen LogP contribution in [0.1, 0.15) is 11.1 Å². The summed E-state index contributed by atoms with van der Waals surface area (Å²) in [6, 6.07) is 14.3. The first kappa shape index (κ1) is 11.1. The smallest absolute Gasteiger partial charge is 0.118 e. The van der Waals surface area contributed by atoms with E-state index in [1.54, 1.807) is 12.1 Å². The van der Waals surface area contributed by atoms with E-state index in [1.807, 2.05) is 42.5 Å². The molecule has 0 heterocycles. The van der Waals surface area contributed by atoms with Crippen LogP contribution in [0.4, 0.5) is 5.69 Å². The molecule has 0 aliphatic rings. The summed E-state index contributed by atoms with van der Waals surface area (Å²) < 4.78 is 0. The Balaban J connectivity index is 2.27. The predicted molar refractivity (Wildman–Crippen MR) is 68.9 cm³/mol. The van der Waals surface area contributed by atoms with Gasteiger partial charge in [0.15, 0.2) is 0 Å². The van der Waals surface area contributed by atoms with Crippen LogP contribution in [0.3, 0.4) is 0 Å². The lowest BCUT2D eigenvalue weighted by Crippen LogP contribution is -1.74. The van der Waals surface area contributed by atoms with Crippen molar-refractivity contribution in [3.8, 4) is 5.75 Å². The maximum absolute atomic E-state index is 10.4. The van der Waals surface area contributed by atoms with Gasteiger partial charge < -0.3 is 5.11 Å². The topological polar surface area (TPSA) is 49.7 Å². The first-order chi connectivity index (χ1) is 8.28. The maximum Gasteiger partial charge on any atom is 0.118 e. The lowest BCUT2D eigenvalue weighted by Gasteiger charge is -1.97. The second-order valence-corrected chi connectivity index (χ2v) is 3.62. The number of benzene rings is 2. The molecule has 84 valence electrons. The maximum atomic E-state index is 10.4. The SMILES string of the molecule is O=Nc1cc(O)cc(/C=C/c2ccccc2)c1. The summed E-state index contributed by atoms with van der Waals surface area (Å²) in [4.78, 5) is 10.4. The largest absolute Gasteiger partial charge is 0.508 e. The van der Waals surface area contributed by atoms with E-state index in [-0.39, 0.29) is 11.4 Å². The van der Waals surface area contributed by atoms with Crippen LogP contribution in [-0.4, -0.2) is 5.11 Å². The average molecular weight is 225 g/mol. The number of nitrogens with zero attached hydrogens (tertiary/aromatic N) is 1. The van der Waals surface area contributed by atoms with E-state index in [4.69, 9.17) is 0 Å². The van der Waals surface area contributed by atoms with Crippen molar-refractivity contribution in [1.82, 2.24) is 0 Å². The zero-order chi connectivity index (χ0) is 12.1. The number of aromatic hydroxyl groups is 1. The Morgan fingerprint density at radius 3 is 2.35 bits per heavy atom. The van der Waals surface area contributed by atoms with Crippen molar-refractivity contribution in [3.05, 3.63) is 64.6 Å². The molecule has 0 aliphatic heterocycles. The van der Waals surface area contributed by atoms with Crippen LogP contribution >= 0.6 is 0 Å². The van der Waals surface area contributed by atoms with Crippen molar-refractivity contribution in [2.24, 2.45) is 5.18 Å². The van der Waals surface area contributed by atoms with Gasteiger partial charge in [-0.15, -0.1) is 4.91 Å². The summed E-state index contributed by atoms with van der Waals surface area (Å²) in [7, 11) is 0. The summed E-state index contributed by atoms with van der Waals surface area (Å²) >= 11 is 0. The molecule has 0 unspecified atom stereocenters. The first-order valence-electron chi connectivity index (χ1n) is 5.18. The highest BCUT2D eigenvalue weighted by atomic mass is 16.3. The highest BCUT2D eigenvalue weighted by molar-refractivity contribution is 5.71. The lowest BCUT2D eigenvalue weighted by molar-refractivity contribution is 0.475. The minimum Gasteiger partial charge on any atom is -0.508 e. The molecule has 0 saturated carbocycles. The van der Waals surface area contributed by atoms with E-state index in [1.165, 1.54) is 6.07 Å². The molecule has 0 aliphatic carbocycles. The highest BCUT2D eigenvalue weighted by Crippen LogP contribution is 2.23. The second kappa shape index (κ2) is 5.07. The molecule has 0 radical (unpaired) electrons. The Bertz CT molecular complexity index is 547. The second-order valence-electron chi connectivity index (χ2n) is 3.62. The minimum absolute atomic E-state index is 0.0369. The number of rotatable bonds is 3. The van der Waals surface area contributed by atoms with Gasteiger partial charge in [-0.2, -0.15) is 0 Å². The molecule has 0 fully saturated rings. The van der Waals surface area contributed by atoms with Gasteiger partial charge in [-0.25, -0.2) is 0 Å². The molecule has 3 nitrogen and oxygen atoms in total. The van der Waals surface area contributed by atoms with E-state index < -0.39 is 0 Å². The van der Waals surface area contributed by atoms with Gasteiger partial charge >= 0.3 is 0 Å². The van der Waals surface area contributed by atoms with E-state index in [9.17, 15) is 10.0 Å². The normalized spacial score (nSPS) is 10.6. The predicted octanol–water partition coefficient (Wildman–Crippen LogP) is 3.96. The molecular formula is C14H11NO2. The molecule has 1 N–H and O–H groups in total. The Kier molecular flexibility index (Phi) is 3.31. The van der Waals surface area contributed by atoms with Gasteiger partial charge in [0.25, 0.3) is 0 Å². The van der Waals surface area contributed by atoms with E-state index in [0.29, 0.717) is 0 Å². The Hall–Kier alpha value is -2.42. The fourth-order valence-electron chi connectivity index (χ4n) is 1.52. The molecule has 0 bridgehead atoms. The third-order valence-corrected chi connectivity index (χ3v) is 2.30. The summed E-state index contributed by atoms with van der Waals surface area (Å²) in [5.74, 6) is 0.0369. The van der Waals surface area contributed by atoms with Gasteiger partial charge in [-0.3, -0.25) is 0 Å². The number of phenols is 1. The average Bonchev–Trinajstić information content (AvgIpc) is 2.37.